The molecule has 25 heavy (non-hydrogen) atoms. The molecule has 1 aliphatic rings. The minimum Gasteiger partial charge on any atom is -0.496 e. The third-order valence-corrected chi connectivity index (χ3v) is 4.81. The van der Waals surface area contributed by atoms with Crippen LogP contribution >= 0.6 is 12.4 Å². The first-order chi connectivity index (χ1) is 11.6. The zero-order valence-corrected chi connectivity index (χ0v) is 15.4. The first-order valence-electron chi connectivity index (χ1n) is 8.35. The molecule has 0 aromatic heterocycles. The van der Waals surface area contributed by atoms with Gasteiger partial charge < -0.3 is 14.8 Å². The van der Waals surface area contributed by atoms with Gasteiger partial charge in [0.25, 0.3) is 0 Å². The van der Waals surface area contributed by atoms with Crippen LogP contribution in [-0.2, 0) is 10.2 Å². The van der Waals surface area contributed by atoms with E-state index in [9.17, 15) is 4.39 Å². The summed E-state index contributed by atoms with van der Waals surface area (Å²) in [5.41, 5.74) is 1.58. The Bertz CT molecular complexity index is 677. The molecular formula is C20H25ClFNO2. The summed E-state index contributed by atoms with van der Waals surface area (Å²) in [6.07, 6.45) is 0.834. The highest BCUT2D eigenvalue weighted by Gasteiger charge is 2.35. The Morgan fingerprint density at radius 3 is 2.64 bits per heavy atom. The lowest BCUT2D eigenvalue weighted by atomic mass is 9.72. The second kappa shape index (κ2) is 8.65. The molecule has 5 heteroatoms. The van der Waals surface area contributed by atoms with Crippen molar-refractivity contribution in [2.45, 2.75) is 24.9 Å². The lowest BCUT2D eigenvalue weighted by Crippen LogP contribution is -2.42. The zero-order valence-electron chi connectivity index (χ0n) is 14.6. The second-order valence-corrected chi connectivity index (χ2v) is 6.44. The van der Waals surface area contributed by atoms with Crippen molar-refractivity contribution in [2.75, 3.05) is 26.8 Å². The summed E-state index contributed by atoms with van der Waals surface area (Å²) in [6, 6.07) is 14.9. The molecule has 2 atom stereocenters. The Kier molecular flexibility index (Phi) is 6.82. The Balaban J connectivity index is 0.00000225. The van der Waals surface area contributed by atoms with Crippen molar-refractivity contribution < 1.29 is 13.9 Å². The molecule has 1 aliphatic heterocycles. The largest absolute Gasteiger partial charge is 0.496 e. The normalized spacial score (nSPS) is 19.6. The molecule has 2 unspecified atom stereocenters. The number of morpholine rings is 1. The van der Waals surface area contributed by atoms with Gasteiger partial charge in [-0.1, -0.05) is 37.3 Å². The Hall–Kier alpha value is -1.62. The van der Waals surface area contributed by atoms with Crippen molar-refractivity contribution in [1.82, 2.24) is 5.32 Å². The highest BCUT2D eigenvalue weighted by atomic mass is 35.5. The number of rotatable bonds is 5. The van der Waals surface area contributed by atoms with Gasteiger partial charge in [0.1, 0.15) is 11.6 Å². The number of nitrogens with one attached hydrogen (secondary N) is 1. The van der Waals surface area contributed by atoms with Crippen LogP contribution in [0.3, 0.4) is 0 Å². The van der Waals surface area contributed by atoms with Crippen molar-refractivity contribution in [3.63, 3.8) is 0 Å². The van der Waals surface area contributed by atoms with Crippen LogP contribution in [0.25, 0.3) is 0 Å². The minimum atomic E-state index is -0.404. The molecule has 1 saturated heterocycles. The van der Waals surface area contributed by atoms with Crippen LogP contribution in [-0.4, -0.2) is 32.9 Å². The van der Waals surface area contributed by atoms with E-state index in [0.717, 1.165) is 30.6 Å². The van der Waals surface area contributed by atoms with Gasteiger partial charge in [0.2, 0.25) is 0 Å². The summed E-state index contributed by atoms with van der Waals surface area (Å²) < 4.78 is 25.5. The first-order valence-corrected chi connectivity index (χ1v) is 8.35. The Labute approximate surface area is 154 Å². The Morgan fingerprint density at radius 2 is 2.00 bits per heavy atom. The smallest absolute Gasteiger partial charge is 0.123 e. The topological polar surface area (TPSA) is 30.5 Å². The first kappa shape index (κ1) is 19.7. The third-order valence-electron chi connectivity index (χ3n) is 4.81. The molecule has 0 spiro atoms. The molecule has 0 saturated carbocycles. The molecule has 1 fully saturated rings. The van der Waals surface area contributed by atoms with Crippen LogP contribution in [0.4, 0.5) is 4.39 Å². The van der Waals surface area contributed by atoms with Crippen molar-refractivity contribution in [3.05, 3.63) is 65.5 Å². The predicted octanol–water partition coefficient (Wildman–Crippen LogP) is 3.94. The van der Waals surface area contributed by atoms with Gasteiger partial charge in [0.05, 0.1) is 19.8 Å². The summed E-state index contributed by atoms with van der Waals surface area (Å²) >= 11 is 0. The molecular weight excluding hydrogens is 341 g/mol. The van der Waals surface area contributed by atoms with Crippen molar-refractivity contribution in [3.8, 4) is 5.75 Å². The average molecular weight is 366 g/mol. The van der Waals surface area contributed by atoms with E-state index in [-0.39, 0.29) is 24.3 Å². The third kappa shape index (κ3) is 4.32. The maximum atomic E-state index is 14.0. The van der Waals surface area contributed by atoms with E-state index in [4.69, 9.17) is 9.47 Å². The number of methoxy groups -OCH3 is 1. The maximum absolute atomic E-state index is 14.0. The SMILES string of the molecule is COc1ccc(F)cc1C(C)(CC1CNCCO1)c1ccccc1.Cl. The fourth-order valence-corrected chi connectivity index (χ4v) is 3.51. The van der Waals surface area contributed by atoms with Gasteiger partial charge in [-0.2, -0.15) is 0 Å². The van der Waals surface area contributed by atoms with Crippen molar-refractivity contribution >= 4 is 12.4 Å². The molecule has 0 radical (unpaired) electrons. The number of ether oxygens (including phenoxy) is 2. The standard InChI is InChI=1S/C20H24FNO2.ClH/c1-20(15-6-4-3-5-7-15,13-17-14-22-10-11-24-17)18-12-16(21)8-9-19(18)23-2;/h3-9,12,17,22H,10-11,13-14H2,1-2H3;1H. The van der Waals surface area contributed by atoms with E-state index in [0.29, 0.717) is 12.4 Å². The van der Waals surface area contributed by atoms with Crippen LogP contribution < -0.4 is 10.1 Å². The molecule has 3 rings (SSSR count). The average Bonchev–Trinajstić information content (AvgIpc) is 2.63. The minimum absolute atomic E-state index is 0. The highest BCUT2D eigenvalue weighted by molar-refractivity contribution is 5.85. The van der Waals surface area contributed by atoms with Crippen LogP contribution in [0.1, 0.15) is 24.5 Å². The van der Waals surface area contributed by atoms with Gasteiger partial charge in [-0.15, -0.1) is 12.4 Å². The van der Waals surface area contributed by atoms with Gasteiger partial charge in [-0.25, -0.2) is 4.39 Å². The molecule has 2 aromatic carbocycles. The predicted molar refractivity (Wildman–Crippen MR) is 100 cm³/mol. The van der Waals surface area contributed by atoms with Crippen molar-refractivity contribution in [2.24, 2.45) is 0 Å². The van der Waals surface area contributed by atoms with Gasteiger partial charge >= 0.3 is 0 Å². The fraction of sp³-hybridized carbons (Fsp3) is 0.400. The summed E-state index contributed by atoms with van der Waals surface area (Å²) in [5.74, 6) is 0.446. The highest BCUT2D eigenvalue weighted by Crippen LogP contribution is 2.42. The van der Waals surface area contributed by atoms with E-state index < -0.39 is 5.41 Å². The molecule has 136 valence electrons. The van der Waals surface area contributed by atoms with Crippen molar-refractivity contribution in [1.29, 1.82) is 0 Å². The van der Waals surface area contributed by atoms with E-state index in [1.54, 1.807) is 19.2 Å². The van der Waals surface area contributed by atoms with Crippen LogP contribution in [0.5, 0.6) is 5.75 Å². The fourth-order valence-electron chi connectivity index (χ4n) is 3.51. The molecule has 0 amide bonds. The number of hydrogen-bond donors (Lipinski definition) is 1. The summed E-state index contributed by atoms with van der Waals surface area (Å²) in [7, 11) is 1.63. The van der Waals surface area contributed by atoms with Crippen LogP contribution in [0.2, 0.25) is 0 Å². The van der Waals surface area contributed by atoms with E-state index in [2.05, 4.69) is 24.4 Å². The molecule has 0 bridgehead atoms. The second-order valence-electron chi connectivity index (χ2n) is 6.44. The van der Waals surface area contributed by atoms with E-state index in [1.165, 1.54) is 6.07 Å². The summed E-state index contributed by atoms with van der Waals surface area (Å²) in [5, 5.41) is 3.37. The lowest BCUT2D eigenvalue weighted by molar-refractivity contribution is 0.0137. The number of benzene rings is 2. The maximum Gasteiger partial charge on any atom is 0.123 e. The molecule has 0 aliphatic carbocycles. The van der Waals surface area contributed by atoms with Crippen LogP contribution in [0, 0.1) is 5.82 Å². The zero-order chi connectivity index (χ0) is 17.0. The molecule has 3 nitrogen and oxygen atoms in total. The molecule has 1 N–H and O–H groups in total. The van der Waals surface area contributed by atoms with Crippen LogP contribution in [0.15, 0.2) is 48.5 Å². The monoisotopic (exact) mass is 365 g/mol. The Morgan fingerprint density at radius 1 is 1.24 bits per heavy atom. The number of hydrogen-bond acceptors (Lipinski definition) is 3. The van der Waals surface area contributed by atoms with E-state index >= 15 is 0 Å². The van der Waals surface area contributed by atoms with Gasteiger partial charge in [0, 0.05) is 24.1 Å². The van der Waals surface area contributed by atoms with Gasteiger partial charge in [-0.3, -0.25) is 0 Å². The van der Waals surface area contributed by atoms with Gasteiger partial charge in [-0.05, 0) is 30.2 Å². The quantitative estimate of drug-likeness (QED) is 0.870. The molecule has 2 aromatic rings. The summed E-state index contributed by atoms with van der Waals surface area (Å²) in [6.45, 7) is 4.52. The lowest BCUT2D eigenvalue weighted by Gasteiger charge is -2.37. The molecule has 1 heterocycles. The van der Waals surface area contributed by atoms with E-state index in [1.807, 2.05) is 18.2 Å². The van der Waals surface area contributed by atoms with Gasteiger partial charge in [0.15, 0.2) is 0 Å². The summed E-state index contributed by atoms with van der Waals surface area (Å²) in [4.78, 5) is 0. The number of halogens is 2.